The number of nitrogens with two attached hydrogens (primary N) is 1. The molecular formula is C10H25NSi. The Hall–Kier alpha value is 0.177. The van der Waals surface area contributed by atoms with Crippen molar-refractivity contribution < 1.29 is 0 Å². The summed E-state index contributed by atoms with van der Waals surface area (Å²) in [6.45, 7) is 12.7. The third-order valence-electron chi connectivity index (χ3n) is 2.84. The van der Waals surface area contributed by atoms with E-state index in [4.69, 9.17) is 5.73 Å². The second-order valence-electron chi connectivity index (χ2n) is 5.15. The third-order valence-corrected chi connectivity index (χ3v) is 4.65. The van der Waals surface area contributed by atoms with E-state index >= 15 is 0 Å². The van der Waals surface area contributed by atoms with Gasteiger partial charge in [0.15, 0.2) is 0 Å². The molecule has 0 unspecified atom stereocenters. The van der Waals surface area contributed by atoms with Crippen molar-refractivity contribution in [2.75, 3.05) is 6.54 Å². The zero-order valence-electron chi connectivity index (χ0n) is 9.41. The third kappa shape index (κ3) is 3.72. The van der Waals surface area contributed by atoms with E-state index in [1.807, 2.05) is 0 Å². The zero-order chi connectivity index (χ0) is 9.83. The molecule has 0 bridgehead atoms. The van der Waals surface area contributed by atoms with Crippen molar-refractivity contribution in [1.82, 2.24) is 0 Å². The molecule has 0 aliphatic carbocycles. The van der Waals surface area contributed by atoms with Gasteiger partial charge >= 0.3 is 0 Å². The summed E-state index contributed by atoms with van der Waals surface area (Å²) >= 11 is 0. The summed E-state index contributed by atoms with van der Waals surface area (Å²) < 4.78 is 0. The van der Waals surface area contributed by atoms with Crippen LogP contribution >= 0.6 is 0 Å². The minimum atomic E-state index is -0.936. The van der Waals surface area contributed by atoms with Gasteiger partial charge in [-0.15, -0.1) is 0 Å². The smallest absolute Gasteiger partial charge is 0.0448 e. The van der Waals surface area contributed by atoms with Crippen LogP contribution in [0.3, 0.4) is 0 Å². The van der Waals surface area contributed by atoms with Crippen LogP contribution in [0.1, 0.15) is 26.7 Å². The van der Waals surface area contributed by atoms with Gasteiger partial charge in [0.25, 0.3) is 0 Å². The molecule has 0 heterocycles. The Morgan fingerprint density at radius 1 is 1.08 bits per heavy atom. The molecule has 0 atom stereocenters. The van der Waals surface area contributed by atoms with Gasteiger partial charge in [0, 0.05) is 8.07 Å². The molecule has 12 heavy (non-hydrogen) atoms. The van der Waals surface area contributed by atoms with Gasteiger partial charge in [-0.2, -0.15) is 0 Å². The molecule has 0 saturated carbocycles. The molecule has 2 N–H and O–H groups in total. The maximum Gasteiger partial charge on any atom is 0.0448 e. The van der Waals surface area contributed by atoms with Gasteiger partial charge in [-0.3, -0.25) is 0 Å². The standard InChI is InChI=1S/C10H25NSi/c1-6-10(7-2,8-11)9-12(3,4)5/h6-9,11H2,1-5H3. The Bertz CT molecular complexity index is 114. The Kier molecular flexibility index (Phi) is 4.49. The second-order valence-corrected chi connectivity index (χ2v) is 10.6. The first-order valence-electron chi connectivity index (χ1n) is 5.09. The van der Waals surface area contributed by atoms with Crippen molar-refractivity contribution in [3.05, 3.63) is 0 Å². The number of rotatable bonds is 5. The van der Waals surface area contributed by atoms with Crippen LogP contribution in [0.25, 0.3) is 0 Å². The highest BCUT2D eigenvalue weighted by atomic mass is 28.3. The summed E-state index contributed by atoms with van der Waals surface area (Å²) in [6.07, 6.45) is 2.48. The lowest BCUT2D eigenvalue weighted by Gasteiger charge is -2.35. The zero-order valence-corrected chi connectivity index (χ0v) is 10.4. The summed E-state index contributed by atoms with van der Waals surface area (Å²) in [5.74, 6) is 0. The van der Waals surface area contributed by atoms with Gasteiger partial charge in [0.2, 0.25) is 0 Å². The summed E-state index contributed by atoms with van der Waals surface area (Å²) in [7, 11) is -0.936. The quantitative estimate of drug-likeness (QED) is 0.658. The first-order chi connectivity index (χ1) is 5.39. The minimum Gasteiger partial charge on any atom is -0.330 e. The molecule has 2 heteroatoms. The molecule has 0 spiro atoms. The molecule has 1 nitrogen and oxygen atoms in total. The molecule has 0 fully saturated rings. The predicted octanol–water partition coefficient (Wildman–Crippen LogP) is 3.09. The molecule has 0 aliphatic heterocycles. The molecule has 0 aromatic rings. The van der Waals surface area contributed by atoms with E-state index in [1.54, 1.807) is 0 Å². The van der Waals surface area contributed by atoms with Crippen molar-refractivity contribution >= 4 is 8.07 Å². The summed E-state index contributed by atoms with van der Waals surface area (Å²) in [4.78, 5) is 0. The molecule has 0 saturated heterocycles. The molecule has 0 aromatic heterocycles. The molecule has 0 rings (SSSR count). The van der Waals surface area contributed by atoms with E-state index in [-0.39, 0.29) is 0 Å². The number of hydrogen-bond donors (Lipinski definition) is 1. The van der Waals surface area contributed by atoms with Gasteiger partial charge in [-0.05, 0) is 24.8 Å². The lowest BCUT2D eigenvalue weighted by molar-refractivity contribution is 0.306. The van der Waals surface area contributed by atoms with Crippen molar-refractivity contribution in [1.29, 1.82) is 0 Å². The van der Waals surface area contributed by atoms with Gasteiger partial charge in [-0.1, -0.05) is 39.5 Å². The SMILES string of the molecule is CCC(CC)(CN)C[Si](C)(C)C. The minimum absolute atomic E-state index is 0.449. The van der Waals surface area contributed by atoms with Crippen molar-refractivity contribution in [2.45, 2.75) is 52.4 Å². The molecule has 74 valence electrons. The largest absolute Gasteiger partial charge is 0.330 e. The molecule has 0 radical (unpaired) electrons. The van der Waals surface area contributed by atoms with Crippen molar-refractivity contribution in [2.24, 2.45) is 11.1 Å². The molecular weight excluding hydrogens is 162 g/mol. The highest BCUT2D eigenvalue weighted by Crippen LogP contribution is 2.34. The second kappa shape index (κ2) is 4.42. The van der Waals surface area contributed by atoms with Crippen LogP contribution in [0.15, 0.2) is 0 Å². The van der Waals surface area contributed by atoms with Gasteiger partial charge in [0.05, 0.1) is 0 Å². The van der Waals surface area contributed by atoms with Crippen LogP contribution in [0.5, 0.6) is 0 Å². The Labute approximate surface area is 78.7 Å². The highest BCUT2D eigenvalue weighted by Gasteiger charge is 2.30. The average Bonchev–Trinajstić information content (AvgIpc) is 1.99. The van der Waals surface area contributed by atoms with Crippen molar-refractivity contribution in [3.8, 4) is 0 Å². The van der Waals surface area contributed by atoms with Crippen LogP contribution in [0, 0.1) is 5.41 Å². The highest BCUT2D eigenvalue weighted by molar-refractivity contribution is 6.76. The molecule has 0 aliphatic rings. The maximum absolute atomic E-state index is 5.86. The molecule has 0 aromatic carbocycles. The predicted molar refractivity (Wildman–Crippen MR) is 60.2 cm³/mol. The van der Waals surface area contributed by atoms with E-state index in [0.717, 1.165) is 6.54 Å². The van der Waals surface area contributed by atoms with E-state index in [2.05, 4.69) is 33.5 Å². The topological polar surface area (TPSA) is 26.0 Å². The monoisotopic (exact) mass is 187 g/mol. The fourth-order valence-electron chi connectivity index (χ4n) is 1.99. The van der Waals surface area contributed by atoms with Crippen molar-refractivity contribution in [3.63, 3.8) is 0 Å². The summed E-state index contributed by atoms with van der Waals surface area (Å²) in [5, 5.41) is 0. The first kappa shape index (κ1) is 12.2. The lowest BCUT2D eigenvalue weighted by Crippen LogP contribution is -2.37. The fourth-order valence-corrected chi connectivity index (χ4v) is 4.88. The maximum atomic E-state index is 5.86. The fraction of sp³-hybridized carbons (Fsp3) is 1.00. The van der Waals surface area contributed by atoms with E-state index in [9.17, 15) is 0 Å². The van der Waals surface area contributed by atoms with Crippen LogP contribution < -0.4 is 5.73 Å². The normalized spacial score (nSPS) is 13.5. The van der Waals surface area contributed by atoms with E-state index in [0.29, 0.717) is 5.41 Å². The Balaban J connectivity index is 4.30. The number of hydrogen-bond acceptors (Lipinski definition) is 1. The summed E-state index contributed by atoms with van der Waals surface area (Å²) in [5.41, 5.74) is 6.31. The average molecular weight is 187 g/mol. The lowest BCUT2D eigenvalue weighted by atomic mass is 9.85. The Morgan fingerprint density at radius 2 is 1.50 bits per heavy atom. The van der Waals surface area contributed by atoms with Crippen LogP contribution in [0.2, 0.25) is 25.7 Å². The first-order valence-corrected chi connectivity index (χ1v) is 8.80. The van der Waals surface area contributed by atoms with E-state index in [1.165, 1.54) is 18.9 Å². The Morgan fingerprint density at radius 3 is 1.58 bits per heavy atom. The molecule has 0 amide bonds. The van der Waals surface area contributed by atoms with Crippen LogP contribution in [-0.2, 0) is 0 Å². The van der Waals surface area contributed by atoms with Crippen LogP contribution in [-0.4, -0.2) is 14.6 Å². The van der Waals surface area contributed by atoms with Gasteiger partial charge in [0.1, 0.15) is 0 Å². The van der Waals surface area contributed by atoms with Gasteiger partial charge < -0.3 is 5.73 Å². The van der Waals surface area contributed by atoms with Crippen LogP contribution in [0.4, 0.5) is 0 Å². The van der Waals surface area contributed by atoms with Gasteiger partial charge in [-0.25, -0.2) is 0 Å². The summed E-state index contributed by atoms with van der Waals surface area (Å²) in [6, 6.07) is 1.38. The van der Waals surface area contributed by atoms with E-state index < -0.39 is 8.07 Å².